The molecule has 0 aliphatic rings. The third kappa shape index (κ3) is 5.10. The van der Waals surface area contributed by atoms with Crippen LogP contribution in [0.3, 0.4) is 0 Å². The van der Waals surface area contributed by atoms with Crippen LogP contribution in [-0.2, 0) is 13.0 Å². The Morgan fingerprint density at radius 2 is 1.71 bits per heavy atom. The van der Waals surface area contributed by atoms with E-state index in [1.807, 2.05) is 0 Å². The average molecular weight is 254 g/mol. The lowest BCUT2D eigenvalue weighted by Crippen LogP contribution is -2.33. The van der Waals surface area contributed by atoms with Crippen LogP contribution >= 0.6 is 11.6 Å². The number of hydrogen-bond donors (Lipinski definition) is 1. The minimum atomic E-state index is 0.512. The lowest BCUT2D eigenvalue weighted by Gasteiger charge is -2.21. The average Bonchev–Trinajstić information content (AvgIpc) is 2.34. The molecular weight excluding hydrogens is 230 g/mol. The number of benzene rings is 1. The molecule has 1 aromatic carbocycles. The summed E-state index contributed by atoms with van der Waals surface area (Å²) in [5.41, 5.74) is 2.75. The van der Waals surface area contributed by atoms with Crippen LogP contribution < -0.4 is 5.32 Å². The van der Waals surface area contributed by atoms with Gasteiger partial charge in [0.05, 0.1) is 0 Å². The molecule has 0 saturated carbocycles. The van der Waals surface area contributed by atoms with Crippen LogP contribution in [0.5, 0.6) is 0 Å². The van der Waals surface area contributed by atoms with Crippen LogP contribution in [0.15, 0.2) is 24.3 Å². The first-order chi connectivity index (χ1) is 8.17. The van der Waals surface area contributed by atoms with Crippen LogP contribution in [0.4, 0.5) is 0 Å². The zero-order valence-corrected chi connectivity index (χ0v) is 11.9. The molecule has 1 nitrogen and oxygen atoms in total. The highest BCUT2D eigenvalue weighted by molar-refractivity contribution is 6.17. The van der Waals surface area contributed by atoms with Gasteiger partial charge in [-0.15, -0.1) is 11.6 Å². The summed E-state index contributed by atoms with van der Waals surface area (Å²) in [4.78, 5) is 0. The maximum absolute atomic E-state index is 5.82. The Morgan fingerprint density at radius 3 is 2.18 bits per heavy atom. The number of aryl methyl sites for hydroxylation is 1. The second kappa shape index (κ2) is 7.73. The summed E-state index contributed by atoms with van der Waals surface area (Å²) >= 11 is 5.82. The van der Waals surface area contributed by atoms with Crippen molar-refractivity contribution in [2.24, 2.45) is 5.92 Å². The maximum atomic E-state index is 5.82. The Hall–Kier alpha value is -0.530. The lowest BCUT2D eigenvalue weighted by atomic mass is 10.0. The maximum Gasteiger partial charge on any atom is 0.0238 e. The zero-order valence-electron chi connectivity index (χ0n) is 11.2. The predicted octanol–water partition coefficient (Wildman–Crippen LogP) is 3.99. The number of nitrogens with one attached hydrogen (secondary N) is 1. The first-order valence-corrected chi connectivity index (χ1v) is 7.08. The topological polar surface area (TPSA) is 12.0 Å². The summed E-state index contributed by atoms with van der Waals surface area (Å²) in [5.74, 6) is 1.36. The van der Waals surface area contributed by atoms with E-state index in [0.717, 1.165) is 25.3 Å². The van der Waals surface area contributed by atoms with Gasteiger partial charge in [-0.1, -0.05) is 45.0 Å². The summed E-state index contributed by atoms with van der Waals surface area (Å²) in [6.07, 6.45) is 2.14. The molecule has 0 spiro atoms. The molecule has 0 heterocycles. The smallest absolute Gasteiger partial charge is 0.0238 e. The van der Waals surface area contributed by atoms with Gasteiger partial charge in [-0.05, 0) is 29.9 Å². The number of alkyl halides is 1. The fourth-order valence-corrected chi connectivity index (χ4v) is 2.17. The van der Waals surface area contributed by atoms with Crippen molar-refractivity contribution in [2.75, 3.05) is 5.88 Å². The molecule has 0 aliphatic carbocycles. The molecule has 96 valence electrons. The second-order valence-electron chi connectivity index (χ2n) is 4.88. The summed E-state index contributed by atoms with van der Waals surface area (Å²) in [6, 6.07) is 9.36. The highest BCUT2D eigenvalue weighted by Crippen LogP contribution is 2.10. The molecular formula is C15H24ClN. The Kier molecular flexibility index (Phi) is 6.61. The van der Waals surface area contributed by atoms with Gasteiger partial charge in [-0.25, -0.2) is 0 Å². The fourth-order valence-electron chi connectivity index (χ4n) is 1.93. The number of rotatable bonds is 7. The van der Waals surface area contributed by atoms with Gasteiger partial charge in [0.2, 0.25) is 0 Å². The third-order valence-electron chi connectivity index (χ3n) is 3.22. The fraction of sp³-hybridized carbons (Fsp3) is 0.600. The summed E-state index contributed by atoms with van der Waals surface area (Å²) in [6.45, 7) is 7.60. The van der Waals surface area contributed by atoms with Gasteiger partial charge in [-0.3, -0.25) is 0 Å². The van der Waals surface area contributed by atoms with E-state index in [1.165, 1.54) is 11.1 Å². The van der Waals surface area contributed by atoms with Crippen molar-refractivity contribution < 1.29 is 0 Å². The normalized spacial score (nSPS) is 13.0. The first-order valence-electron chi connectivity index (χ1n) is 6.54. The molecule has 0 aromatic heterocycles. The molecule has 1 rings (SSSR count). The van der Waals surface area contributed by atoms with Crippen LogP contribution in [0.25, 0.3) is 0 Å². The van der Waals surface area contributed by atoms with Gasteiger partial charge < -0.3 is 5.32 Å². The molecule has 1 atom stereocenters. The summed E-state index contributed by atoms with van der Waals surface area (Å²) in [5, 5.41) is 3.59. The molecule has 0 bridgehead atoms. The van der Waals surface area contributed by atoms with E-state index in [1.54, 1.807) is 0 Å². The van der Waals surface area contributed by atoms with Crippen LogP contribution in [0, 0.1) is 5.92 Å². The quantitative estimate of drug-likeness (QED) is 0.725. The molecule has 0 radical (unpaired) electrons. The molecule has 2 heteroatoms. The van der Waals surface area contributed by atoms with E-state index < -0.39 is 0 Å². The van der Waals surface area contributed by atoms with Crippen molar-refractivity contribution in [3.8, 4) is 0 Å². The van der Waals surface area contributed by atoms with Gasteiger partial charge in [-0.2, -0.15) is 0 Å². The molecule has 17 heavy (non-hydrogen) atoms. The lowest BCUT2D eigenvalue weighted by molar-refractivity contribution is 0.389. The van der Waals surface area contributed by atoms with Gasteiger partial charge in [0, 0.05) is 18.5 Å². The SMILES string of the molecule is CCc1ccc(CNC(CCCl)C(C)C)cc1. The Balaban J connectivity index is 2.47. The largest absolute Gasteiger partial charge is 0.310 e. The van der Waals surface area contributed by atoms with Gasteiger partial charge >= 0.3 is 0 Å². The van der Waals surface area contributed by atoms with Crippen LogP contribution in [0.1, 0.15) is 38.3 Å². The molecule has 1 N–H and O–H groups in total. The molecule has 0 saturated heterocycles. The zero-order chi connectivity index (χ0) is 12.7. The monoisotopic (exact) mass is 253 g/mol. The van der Waals surface area contributed by atoms with Gasteiger partial charge in [0.15, 0.2) is 0 Å². The van der Waals surface area contributed by atoms with Crippen molar-refractivity contribution in [1.82, 2.24) is 5.32 Å². The highest BCUT2D eigenvalue weighted by atomic mass is 35.5. The second-order valence-corrected chi connectivity index (χ2v) is 5.26. The molecule has 1 aromatic rings. The Bertz CT molecular complexity index is 305. The number of hydrogen-bond acceptors (Lipinski definition) is 1. The molecule has 1 unspecified atom stereocenters. The van der Waals surface area contributed by atoms with Gasteiger partial charge in [0.25, 0.3) is 0 Å². The van der Waals surface area contributed by atoms with Crippen LogP contribution in [-0.4, -0.2) is 11.9 Å². The van der Waals surface area contributed by atoms with Crippen molar-refractivity contribution in [2.45, 2.75) is 46.2 Å². The predicted molar refractivity (Wildman–Crippen MR) is 76.6 cm³/mol. The first kappa shape index (κ1) is 14.5. The minimum Gasteiger partial charge on any atom is -0.310 e. The van der Waals surface area contributed by atoms with Crippen LogP contribution in [0.2, 0.25) is 0 Å². The van der Waals surface area contributed by atoms with E-state index in [-0.39, 0.29) is 0 Å². The standard InChI is InChI=1S/C15H24ClN/c1-4-13-5-7-14(8-6-13)11-17-15(9-10-16)12(2)3/h5-8,12,15,17H,4,9-11H2,1-3H3. The van der Waals surface area contributed by atoms with E-state index in [0.29, 0.717) is 12.0 Å². The summed E-state index contributed by atoms with van der Waals surface area (Å²) in [7, 11) is 0. The number of halogens is 1. The molecule has 0 aliphatic heterocycles. The van der Waals surface area contributed by atoms with Crippen molar-refractivity contribution in [3.05, 3.63) is 35.4 Å². The third-order valence-corrected chi connectivity index (χ3v) is 3.44. The van der Waals surface area contributed by atoms with E-state index >= 15 is 0 Å². The summed E-state index contributed by atoms with van der Waals surface area (Å²) < 4.78 is 0. The molecule has 0 fully saturated rings. The minimum absolute atomic E-state index is 0.512. The van der Waals surface area contributed by atoms with Gasteiger partial charge in [0.1, 0.15) is 0 Å². The van der Waals surface area contributed by atoms with E-state index in [4.69, 9.17) is 11.6 Å². The Morgan fingerprint density at radius 1 is 1.12 bits per heavy atom. The molecule has 0 amide bonds. The van der Waals surface area contributed by atoms with E-state index in [2.05, 4.69) is 50.4 Å². The van der Waals surface area contributed by atoms with Crippen molar-refractivity contribution in [3.63, 3.8) is 0 Å². The van der Waals surface area contributed by atoms with E-state index in [9.17, 15) is 0 Å². The highest BCUT2D eigenvalue weighted by Gasteiger charge is 2.11. The Labute approximate surface area is 111 Å². The van der Waals surface area contributed by atoms with Crippen molar-refractivity contribution in [1.29, 1.82) is 0 Å². The van der Waals surface area contributed by atoms with Crippen molar-refractivity contribution >= 4 is 11.6 Å².